The molecule has 2 heteroatoms. The van der Waals surface area contributed by atoms with Gasteiger partial charge in [-0.25, -0.2) is 0 Å². The smallest absolute Gasteiger partial charge is 0.0399 e. The fourth-order valence-corrected chi connectivity index (χ4v) is 3.22. The number of nitrogens with zero attached hydrogens (tertiary/aromatic N) is 1. The van der Waals surface area contributed by atoms with Gasteiger partial charge in [0.05, 0.1) is 0 Å². The Bertz CT molecular complexity index is 384. The second-order valence-electron chi connectivity index (χ2n) is 5.86. The van der Waals surface area contributed by atoms with E-state index in [4.69, 9.17) is 5.73 Å². The zero-order valence-corrected chi connectivity index (χ0v) is 11.2. The van der Waals surface area contributed by atoms with E-state index in [2.05, 4.69) is 50.1 Å². The number of hydrogen-bond donors (Lipinski definition) is 1. The zero-order valence-electron chi connectivity index (χ0n) is 11.2. The third-order valence-corrected chi connectivity index (χ3v) is 4.05. The number of fused-ring (bicyclic) bond motifs is 1. The van der Waals surface area contributed by atoms with E-state index in [0.717, 1.165) is 19.5 Å². The Morgan fingerprint density at radius 1 is 1.35 bits per heavy atom. The molecular weight excluding hydrogens is 208 g/mol. The van der Waals surface area contributed by atoms with Crippen molar-refractivity contribution in [1.29, 1.82) is 0 Å². The molecule has 1 aromatic rings. The summed E-state index contributed by atoms with van der Waals surface area (Å²) in [6, 6.07) is 9.36. The normalized spacial score (nSPS) is 21.3. The molecule has 2 rings (SSSR count). The molecule has 1 unspecified atom stereocenters. The van der Waals surface area contributed by atoms with Crippen LogP contribution in [0.5, 0.6) is 0 Å². The van der Waals surface area contributed by atoms with E-state index in [9.17, 15) is 0 Å². The highest BCUT2D eigenvalue weighted by atomic mass is 15.1. The summed E-state index contributed by atoms with van der Waals surface area (Å²) in [6.07, 6.45) is 2.23. The molecule has 1 heterocycles. The third kappa shape index (κ3) is 2.38. The van der Waals surface area contributed by atoms with E-state index in [0.29, 0.717) is 6.04 Å². The van der Waals surface area contributed by atoms with Crippen LogP contribution in [-0.4, -0.2) is 25.0 Å². The van der Waals surface area contributed by atoms with Gasteiger partial charge in [-0.15, -0.1) is 0 Å². The maximum atomic E-state index is 5.77. The van der Waals surface area contributed by atoms with Gasteiger partial charge in [0.1, 0.15) is 0 Å². The first-order chi connectivity index (χ1) is 8.06. The monoisotopic (exact) mass is 232 g/mol. The third-order valence-electron chi connectivity index (χ3n) is 4.05. The van der Waals surface area contributed by atoms with E-state index in [1.807, 2.05) is 0 Å². The molecule has 94 valence electrons. The molecule has 0 amide bonds. The van der Waals surface area contributed by atoms with Crippen LogP contribution < -0.4 is 5.73 Å². The van der Waals surface area contributed by atoms with Gasteiger partial charge in [-0.05, 0) is 43.0 Å². The van der Waals surface area contributed by atoms with E-state index >= 15 is 0 Å². The summed E-state index contributed by atoms with van der Waals surface area (Å²) in [5, 5.41) is 0. The molecule has 0 aliphatic carbocycles. The molecule has 1 aliphatic rings. The fourth-order valence-electron chi connectivity index (χ4n) is 3.22. The first-order valence-corrected chi connectivity index (χ1v) is 6.54. The molecule has 0 aromatic heterocycles. The fraction of sp³-hybridized carbons (Fsp3) is 0.600. The van der Waals surface area contributed by atoms with Crippen LogP contribution in [0.2, 0.25) is 0 Å². The topological polar surface area (TPSA) is 29.3 Å². The quantitative estimate of drug-likeness (QED) is 0.868. The lowest BCUT2D eigenvalue weighted by Gasteiger charge is -2.44. The van der Waals surface area contributed by atoms with Crippen LogP contribution in [0.3, 0.4) is 0 Å². The van der Waals surface area contributed by atoms with Gasteiger partial charge < -0.3 is 5.73 Å². The van der Waals surface area contributed by atoms with E-state index in [1.54, 1.807) is 0 Å². The Labute approximate surface area is 105 Å². The standard InChI is InChI=1S/C15H24N2/c1-15(2,9-10-16)14-13-7-5-4-6-12(13)8-11-17(14)3/h4-7,14H,8-11,16H2,1-3H3. The largest absolute Gasteiger partial charge is 0.330 e. The molecule has 1 atom stereocenters. The molecule has 0 radical (unpaired) electrons. The van der Waals surface area contributed by atoms with Gasteiger partial charge in [0.2, 0.25) is 0 Å². The van der Waals surface area contributed by atoms with Gasteiger partial charge >= 0.3 is 0 Å². The van der Waals surface area contributed by atoms with Gasteiger partial charge in [-0.3, -0.25) is 4.90 Å². The number of likely N-dealkylation sites (N-methyl/N-ethyl adjacent to an activating group) is 1. The minimum absolute atomic E-state index is 0.236. The van der Waals surface area contributed by atoms with Crippen LogP contribution in [0.1, 0.15) is 37.4 Å². The predicted molar refractivity (Wildman–Crippen MR) is 73.0 cm³/mol. The Hall–Kier alpha value is -0.860. The van der Waals surface area contributed by atoms with Crippen LogP contribution in [0.15, 0.2) is 24.3 Å². The van der Waals surface area contributed by atoms with Crippen molar-refractivity contribution in [3.63, 3.8) is 0 Å². The second kappa shape index (κ2) is 4.79. The molecule has 0 fully saturated rings. The van der Waals surface area contributed by atoms with Crippen molar-refractivity contribution in [3.8, 4) is 0 Å². The molecule has 17 heavy (non-hydrogen) atoms. The summed E-state index contributed by atoms with van der Waals surface area (Å²) in [4.78, 5) is 2.48. The van der Waals surface area contributed by atoms with Gasteiger partial charge in [0.15, 0.2) is 0 Å². The molecule has 0 saturated heterocycles. The van der Waals surface area contributed by atoms with Gasteiger partial charge in [-0.1, -0.05) is 38.1 Å². The number of rotatable bonds is 3. The highest BCUT2D eigenvalue weighted by Gasteiger charge is 2.36. The predicted octanol–water partition coefficient (Wildman–Crippen LogP) is 2.59. The van der Waals surface area contributed by atoms with Crippen LogP contribution in [0.4, 0.5) is 0 Å². The van der Waals surface area contributed by atoms with E-state index < -0.39 is 0 Å². The van der Waals surface area contributed by atoms with Crippen LogP contribution in [0.25, 0.3) is 0 Å². The van der Waals surface area contributed by atoms with Crippen molar-refractivity contribution in [2.75, 3.05) is 20.1 Å². The van der Waals surface area contributed by atoms with Gasteiger partial charge in [-0.2, -0.15) is 0 Å². The zero-order chi connectivity index (χ0) is 12.5. The summed E-state index contributed by atoms with van der Waals surface area (Å²) in [5.41, 5.74) is 9.02. The first kappa shape index (κ1) is 12.6. The van der Waals surface area contributed by atoms with Crippen molar-refractivity contribution in [2.24, 2.45) is 11.1 Å². The molecule has 0 spiro atoms. The maximum Gasteiger partial charge on any atom is 0.0399 e. The minimum atomic E-state index is 0.236. The lowest BCUT2D eigenvalue weighted by molar-refractivity contribution is 0.0959. The number of nitrogens with two attached hydrogens (primary N) is 1. The Kier molecular flexibility index (Phi) is 3.55. The summed E-state index contributed by atoms with van der Waals surface area (Å²) >= 11 is 0. The number of benzene rings is 1. The number of hydrogen-bond acceptors (Lipinski definition) is 2. The van der Waals surface area contributed by atoms with Crippen molar-refractivity contribution in [1.82, 2.24) is 4.90 Å². The molecule has 0 saturated carbocycles. The van der Waals surface area contributed by atoms with Crippen LogP contribution in [0, 0.1) is 5.41 Å². The average molecular weight is 232 g/mol. The van der Waals surface area contributed by atoms with Gasteiger partial charge in [0.25, 0.3) is 0 Å². The SMILES string of the molecule is CN1CCc2ccccc2C1C(C)(C)CCN. The van der Waals surface area contributed by atoms with Gasteiger partial charge in [0, 0.05) is 12.6 Å². The summed E-state index contributed by atoms with van der Waals surface area (Å²) < 4.78 is 0. The van der Waals surface area contributed by atoms with E-state index in [-0.39, 0.29) is 5.41 Å². The van der Waals surface area contributed by atoms with Crippen molar-refractivity contribution < 1.29 is 0 Å². The minimum Gasteiger partial charge on any atom is -0.330 e. The maximum absolute atomic E-state index is 5.77. The molecule has 2 N–H and O–H groups in total. The van der Waals surface area contributed by atoms with Crippen molar-refractivity contribution in [2.45, 2.75) is 32.7 Å². The Morgan fingerprint density at radius 3 is 2.76 bits per heavy atom. The van der Waals surface area contributed by atoms with Crippen molar-refractivity contribution in [3.05, 3.63) is 35.4 Å². The highest BCUT2D eigenvalue weighted by molar-refractivity contribution is 5.33. The first-order valence-electron chi connectivity index (χ1n) is 6.54. The average Bonchev–Trinajstić information content (AvgIpc) is 2.28. The molecular formula is C15H24N2. The highest BCUT2D eigenvalue weighted by Crippen LogP contribution is 2.43. The molecule has 1 aliphatic heterocycles. The summed E-state index contributed by atoms with van der Waals surface area (Å²) in [7, 11) is 2.23. The lowest BCUT2D eigenvalue weighted by atomic mass is 9.74. The molecule has 0 bridgehead atoms. The summed E-state index contributed by atoms with van der Waals surface area (Å²) in [6.45, 7) is 6.58. The van der Waals surface area contributed by atoms with Crippen LogP contribution in [-0.2, 0) is 6.42 Å². The molecule has 2 nitrogen and oxygen atoms in total. The molecule has 1 aromatic carbocycles. The summed E-state index contributed by atoms with van der Waals surface area (Å²) in [5.74, 6) is 0. The Balaban J connectivity index is 2.39. The second-order valence-corrected chi connectivity index (χ2v) is 5.86. The van der Waals surface area contributed by atoms with E-state index in [1.165, 1.54) is 17.5 Å². The Morgan fingerprint density at radius 2 is 2.06 bits per heavy atom. The lowest BCUT2D eigenvalue weighted by Crippen LogP contribution is -2.41. The van der Waals surface area contributed by atoms with Crippen LogP contribution >= 0.6 is 0 Å². The van der Waals surface area contributed by atoms with Crippen molar-refractivity contribution >= 4 is 0 Å².